The number of piperidine rings is 1. The highest BCUT2D eigenvalue weighted by molar-refractivity contribution is 5.88. The third kappa shape index (κ3) is 3.14. The van der Waals surface area contributed by atoms with Gasteiger partial charge in [-0.3, -0.25) is 14.9 Å². The summed E-state index contributed by atoms with van der Waals surface area (Å²) in [6, 6.07) is 7.61. The summed E-state index contributed by atoms with van der Waals surface area (Å²) < 4.78 is 0. The van der Waals surface area contributed by atoms with Crippen molar-refractivity contribution >= 4 is 5.97 Å². The number of aromatic carboxylic acids is 1. The number of carboxylic acids is 1. The number of hydrogen-bond donors (Lipinski definition) is 1. The molecule has 5 nitrogen and oxygen atoms in total. The van der Waals surface area contributed by atoms with Crippen LogP contribution in [0, 0.1) is 0 Å². The third-order valence-corrected chi connectivity index (χ3v) is 4.16. The predicted molar refractivity (Wildman–Crippen MR) is 82.4 cm³/mol. The summed E-state index contributed by atoms with van der Waals surface area (Å²) in [7, 11) is 0. The molecule has 1 aliphatic rings. The highest BCUT2D eigenvalue weighted by Gasteiger charge is 2.25. The van der Waals surface area contributed by atoms with Crippen molar-refractivity contribution in [2.75, 3.05) is 6.54 Å². The number of aromatic nitrogens is 2. The van der Waals surface area contributed by atoms with Crippen molar-refractivity contribution in [1.82, 2.24) is 14.9 Å². The van der Waals surface area contributed by atoms with Crippen molar-refractivity contribution < 1.29 is 9.90 Å². The smallest absolute Gasteiger partial charge is 0.337 e. The van der Waals surface area contributed by atoms with E-state index in [2.05, 4.69) is 20.9 Å². The van der Waals surface area contributed by atoms with E-state index in [0.717, 1.165) is 19.4 Å². The molecular formula is C17H19N3O2. The van der Waals surface area contributed by atoms with Crippen LogP contribution in [0.15, 0.2) is 42.9 Å². The first kappa shape index (κ1) is 14.7. The Morgan fingerprint density at radius 3 is 2.91 bits per heavy atom. The molecule has 0 bridgehead atoms. The topological polar surface area (TPSA) is 66.3 Å². The normalized spacial score (nSPS) is 19.0. The van der Waals surface area contributed by atoms with Gasteiger partial charge in [0.15, 0.2) is 0 Å². The van der Waals surface area contributed by atoms with Crippen LogP contribution in [0.4, 0.5) is 0 Å². The van der Waals surface area contributed by atoms with E-state index in [0.29, 0.717) is 12.2 Å². The van der Waals surface area contributed by atoms with E-state index >= 15 is 0 Å². The lowest BCUT2D eigenvalue weighted by Crippen LogP contribution is -2.33. The molecule has 0 radical (unpaired) electrons. The van der Waals surface area contributed by atoms with Crippen LogP contribution in [0.25, 0.3) is 0 Å². The lowest BCUT2D eigenvalue weighted by Gasteiger charge is -2.35. The van der Waals surface area contributed by atoms with Crippen LogP contribution >= 0.6 is 0 Å². The summed E-state index contributed by atoms with van der Waals surface area (Å²) in [6.45, 7) is 1.51. The van der Waals surface area contributed by atoms with Gasteiger partial charge < -0.3 is 5.11 Å². The van der Waals surface area contributed by atoms with E-state index in [4.69, 9.17) is 0 Å². The molecule has 114 valence electrons. The maximum atomic E-state index is 11.3. The number of pyridine rings is 2. The van der Waals surface area contributed by atoms with Crippen molar-refractivity contribution in [1.29, 1.82) is 0 Å². The summed E-state index contributed by atoms with van der Waals surface area (Å²) in [5.74, 6) is -0.918. The minimum atomic E-state index is -0.918. The van der Waals surface area contributed by atoms with E-state index in [9.17, 15) is 9.90 Å². The predicted octanol–water partition coefficient (Wildman–Crippen LogP) is 2.90. The maximum Gasteiger partial charge on any atom is 0.337 e. The molecule has 0 saturated carbocycles. The third-order valence-electron chi connectivity index (χ3n) is 4.16. The first-order valence-electron chi connectivity index (χ1n) is 7.57. The number of likely N-dealkylation sites (tertiary alicyclic amines) is 1. The number of rotatable bonds is 4. The van der Waals surface area contributed by atoms with E-state index < -0.39 is 5.97 Å². The Labute approximate surface area is 129 Å². The minimum Gasteiger partial charge on any atom is -0.478 e. The fourth-order valence-electron chi connectivity index (χ4n) is 3.08. The van der Waals surface area contributed by atoms with Gasteiger partial charge in [-0.15, -0.1) is 0 Å². The zero-order valence-corrected chi connectivity index (χ0v) is 12.4. The SMILES string of the molecule is O=C(O)c1cccnc1CN1CCCCC1c1cccnc1. The van der Waals surface area contributed by atoms with E-state index in [1.165, 1.54) is 12.0 Å². The second-order valence-electron chi connectivity index (χ2n) is 5.57. The maximum absolute atomic E-state index is 11.3. The summed E-state index contributed by atoms with van der Waals surface area (Å²) in [5, 5.41) is 9.31. The largest absolute Gasteiger partial charge is 0.478 e. The zero-order chi connectivity index (χ0) is 15.4. The van der Waals surface area contributed by atoms with Crippen LogP contribution in [-0.4, -0.2) is 32.5 Å². The monoisotopic (exact) mass is 297 g/mol. The van der Waals surface area contributed by atoms with Gasteiger partial charge >= 0.3 is 5.97 Å². The fraction of sp³-hybridized carbons (Fsp3) is 0.353. The van der Waals surface area contributed by atoms with Crippen molar-refractivity contribution in [3.05, 3.63) is 59.7 Å². The number of hydrogen-bond acceptors (Lipinski definition) is 4. The van der Waals surface area contributed by atoms with Crippen molar-refractivity contribution in [3.8, 4) is 0 Å². The molecule has 1 aliphatic heterocycles. The first-order valence-corrected chi connectivity index (χ1v) is 7.57. The van der Waals surface area contributed by atoms with Crippen LogP contribution in [0.2, 0.25) is 0 Å². The van der Waals surface area contributed by atoms with E-state index in [1.807, 2.05) is 12.3 Å². The molecule has 3 heterocycles. The average Bonchev–Trinajstić information content (AvgIpc) is 2.56. The second kappa shape index (κ2) is 6.66. The summed E-state index contributed by atoms with van der Waals surface area (Å²) in [5.41, 5.74) is 2.11. The Morgan fingerprint density at radius 2 is 2.14 bits per heavy atom. The average molecular weight is 297 g/mol. The van der Waals surface area contributed by atoms with Crippen molar-refractivity contribution in [3.63, 3.8) is 0 Å². The summed E-state index contributed by atoms with van der Waals surface area (Å²) >= 11 is 0. The Kier molecular flexibility index (Phi) is 4.44. The van der Waals surface area contributed by atoms with Crippen LogP contribution in [0.1, 0.15) is 46.9 Å². The standard InChI is InChI=1S/C17H19N3O2/c21-17(22)14-6-4-9-19-15(14)12-20-10-2-1-7-16(20)13-5-3-8-18-11-13/h3-6,8-9,11,16H,1-2,7,10,12H2,(H,21,22). The highest BCUT2D eigenvalue weighted by atomic mass is 16.4. The first-order chi connectivity index (χ1) is 10.8. The number of nitrogens with zero attached hydrogens (tertiary/aromatic N) is 3. The van der Waals surface area contributed by atoms with Gasteiger partial charge in [-0.2, -0.15) is 0 Å². The van der Waals surface area contributed by atoms with Crippen molar-refractivity contribution in [2.24, 2.45) is 0 Å². The molecule has 0 amide bonds. The lowest BCUT2D eigenvalue weighted by atomic mass is 9.96. The van der Waals surface area contributed by atoms with Gasteiger partial charge in [0.2, 0.25) is 0 Å². The molecule has 2 aromatic rings. The molecule has 0 aromatic carbocycles. The minimum absolute atomic E-state index is 0.283. The summed E-state index contributed by atoms with van der Waals surface area (Å²) in [4.78, 5) is 22.2. The molecule has 5 heteroatoms. The molecule has 1 saturated heterocycles. The molecule has 0 aliphatic carbocycles. The van der Waals surface area contributed by atoms with E-state index in [1.54, 1.807) is 24.5 Å². The quantitative estimate of drug-likeness (QED) is 0.940. The van der Waals surface area contributed by atoms with Crippen LogP contribution in [0.3, 0.4) is 0 Å². The lowest BCUT2D eigenvalue weighted by molar-refractivity contribution is 0.0691. The van der Waals surface area contributed by atoms with Crippen LogP contribution in [-0.2, 0) is 6.54 Å². The van der Waals surface area contributed by atoms with Gasteiger partial charge in [0.25, 0.3) is 0 Å². The number of carbonyl (C=O) groups is 1. The Morgan fingerprint density at radius 1 is 1.27 bits per heavy atom. The molecule has 1 atom stereocenters. The van der Waals surface area contributed by atoms with Gasteiger partial charge in [0.05, 0.1) is 11.3 Å². The molecule has 1 N–H and O–H groups in total. The second-order valence-corrected chi connectivity index (χ2v) is 5.57. The molecule has 3 rings (SSSR count). The Balaban J connectivity index is 1.85. The zero-order valence-electron chi connectivity index (χ0n) is 12.4. The molecule has 2 aromatic heterocycles. The molecule has 1 unspecified atom stereocenters. The molecule has 0 spiro atoms. The van der Waals surface area contributed by atoms with Gasteiger partial charge in [-0.05, 0) is 43.1 Å². The van der Waals surface area contributed by atoms with Crippen molar-refractivity contribution in [2.45, 2.75) is 31.8 Å². The van der Waals surface area contributed by atoms with Crippen LogP contribution < -0.4 is 0 Å². The molecular weight excluding hydrogens is 278 g/mol. The van der Waals surface area contributed by atoms with E-state index in [-0.39, 0.29) is 11.6 Å². The fourth-order valence-corrected chi connectivity index (χ4v) is 3.08. The van der Waals surface area contributed by atoms with Gasteiger partial charge in [0, 0.05) is 31.2 Å². The van der Waals surface area contributed by atoms with Crippen LogP contribution in [0.5, 0.6) is 0 Å². The Bertz CT molecular complexity index is 645. The highest BCUT2D eigenvalue weighted by Crippen LogP contribution is 2.31. The van der Waals surface area contributed by atoms with Gasteiger partial charge in [0.1, 0.15) is 0 Å². The molecule has 22 heavy (non-hydrogen) atoms. The van der Waals surface area contributed by atoms with Gasteiger partial charge in [-0.25, -0.2) is 4.79 Å². The molecule has 1 fully saturated rings. The summed E-state index contributed by atoms with van der Waals surface area (Å²) in [6.07, 6.45) is 8.72. The Hall–Kier alpha value is -2.27. The van der Waals surface area contributed by atoms with Gasteiger partial charge in [-0.1, -0.05) is 12.5 Å². The number of carboxylic acid groups (broad SMARTS) is 1.